The predicted octanol–water partition coefficient (Wildman–Crippen LogP) is 3.71. The van der Waals surface area contributed by atoms with Gasteiger partial charge in [-0.15, -0.1) is 11.3 Å². The SMILES string of the molecule is CC(F)(F)c1csc2cc(C(=O)O)ccc12. The van der Waals surface area contributed by atoms with Crippen molar-refractivity contribution in [2.75, 3.05) is 0 Å². The standard InChI is InChI=1S/C11H8F2O2S/c1-11(12,13)8-5-16-9-4-6(10(14)15)2-3-7(8)9/h2-5H,1H3,(H,14,15). The topological polar surface area (TPSA) is 37.3 Å². The summed E-state index contributed by atoms with van der Waals surface area (Å²) >= 11 is 1.13. The largest absolute Gasteiger partial charge is 0.478 e. The van der Waals surface area contributed by atoms with Gasteiger partial charge in [-0.25, -0.2) is 13.6 Å². The first-order valence-corrected chi connectivity index (χ1v) is 5.40. The van der Waals surface area contributed by atoms with Gasteiger partial charge < -0.3 is 5.11 Å². The van der Waals surface area contributed by atoms with E-state index < -0.39 is 11.9 Å². The average Bonchev–Trinajstić information content (AvgIpc) is 2.58. The monoisotopic (exact) mass is 242 g/mol. The van der Waals surface area contributed by atoms with Crippen LogP contribution in [0.1, 0.15) is 22.8 Å². The first-order chi connectivity index (χ1) is 7.39. The van der Waals surface area contributed by atoms with Gasteiger partial charge in [-0.3, -0.25) is 0 Å². The molecule has 2 rings (SSSR count). The summed E-state index contributed by atoms with van der Waals surface area (Å²) in [5.41, 5.74) is 0.0600. The summed E-state index contributed by atoms with van der Waals surface area (Å²) in [6.07, 6.45) is 0. The fourth-order valence-corrected chi connectivity index (χ4v) is 2.58. The lowest BCUT2D eigenvalue weighted by atomic mass is 10.1. The quantitative estimate of drug-likeness (QED) is 0.871. The van der Waals surface area contributed by atoms with E-state index >= 15 is 0 Å². The number of aromatic carboxylic acids is 1. The van der Waals surface area contributed by atoms with E-state index in [-0.39, 0.29) is 11.1 Å². The third kappa shape index (κ3) is 1.78. The number of hydrogen-bond donors (Lipinski definition) is 1. The van der Waals surface area contributed by atoms with Crippen LogP contribution in [0.5, 0.6) is 0 Å². The molecule has 1 heterocycles. The van der Waals surface area contributed by atoms with Crippen molar-refractivity contribution in [3.63, 3.8) is 0 Å². The summed E-state index contributed by atoms with van der Waals surface area (Å²) in [5.74, 6) is -3.96. The molecule has 1 N–H and O–H groups in total. The molecule has 2 aromatic rings. The van der Waals surface area contributed by atoms with Crippen molar-refractivity contribution in [1.29, 1.82) is 0 Å². The summed E-state index contributed by atoms with van der Waals surface area (Å²) in [6.45, 7) is 0.833. The highest BCUT2D eigenvalue weighted by atomic mass is 32.1. The van der Waals surface area contributed by atoms with Crippen molar-refractivity contribution < 1.29 is 18.7 Å². The number of fused-ring (bicyclic) bond motifs is 1. The Balaban J connectivity index is 2.64. The molecule has 0 spiro atoms. The van der Waals surface area contributed by atoms with Gasteiger partial charge in [-0.1, -0.05) is 6.07 Å². The zero-order valence-electron chi connectivity index (χ0n) is 8.33. The zero-order chi connectivity index (χ0) is 11.9. The van der Waals surface area contributed by atoms with E-state index in [9.17, 15) is 13.6 Å². The number of halogens is 2. The minimum Gasteiger partial charge on any atom is -0.478 e. The fraction of sp³-hybridized carbons (Fsp3) is 0.182. The van der Waals surface area contributed by atoms with Crippen LogP contribution in [0.3, 0.4) is 0 Å². The molecule has 0 aliphatic carbocycles. The van der Waals surface area contributed by atoms with Crippen LogP contribution in [0.4, 0.5) is 8.78 Å². The second kappa shape index (κ2) is 3.52. The van der Waals surface area contributed by atoms with Crippen molar-refractivity contribution in [3.05, 3.63) is 34.7 Å². The van der Waals surface area contributed by atoms with Crippen LogP contribution in [0, 0.1) is 0 Å². The molecule has 0 radical (unpaired) electrons. The van der Waals surface area contributed by atoms with Gasteiger partial charge in [-0.2, -0.15) is 0 Å². The molecule has 0 unspecified atom stereocenters. The molecule has 1 aromatic carbocycles. The Morgan fingerprint density at radius 2 is 2.12 bits per heavy atom. The number of carboxylic acid groups (broad SMARTS) is 1. The van der Waals surface area contributed by atoms with Gasteiger partial charge in [0.25, 0.3) is 5.92 Å². The summed E-state index contributed by atoms with van der Waals surface area (Å²) in [6, 6.07) is 4.19. The molecular formula is C11H8F2O2S. The van der Waals surface area contributed by atoms with Gasteiger partial charge >= 0.3 is 5.97 Å². The minimum absolute atomic E-state index is 0.0514. The predicted molar refractivity (Wildman–Crippen MR) is 58.4 cm³/mol. The Morgan fingerprint density at radius 3 is 2.69 bits per heavy atom. The molecule has 0 fully saturated rings. The van der Waals surface area contributed by atoms with Crippen LogP contribution < -0.4 is 0 Å². The first kappa shape index (κ1) is 11.0. The molecule has 0 saturated carbocycles. The number of alkyl halides is 2. The summed E-state index contributed by atoms with van der Waals surface area (Å²) in [7, 11) is 0. The maximum atomic E-state index is 13.2. The summed E-state index contributed by atoms with van der Waals surface area (Å²) in [5, 5.41) is 10.6. The lowest BCUT2D eigenvalue weighted by Gasteiger charge is -2.08. The van der Waals surface area contributed by atoms with Crippen molar-refractivity contribution in [1.82, 2.24) is 0 Å². The lowest BCUT2D eigenvalue weighted by molar-refractivity contribution is 0.0194. The molecule has 0 bridgehead atoms. The molecule has 5 heteroatoms. The van der Waals surface area contributed by atoms with E-state index in [4.69, 9.17) is 5.11 Å². The van der Waals surface area contributed by atoms with Gasteiger partial charge in [0, 0.05) is 28.0 Å². The van der Waals surface area contributed by atoms with Crippen LogP contribution in [-0.2, 0) is 5.92 Å². The normalized spacial score (nSPS) is 11.9. The number of benzene rings is 1. The van der Waals surface area contributed by atoms with Crippen molar-refractivity contribution >= 4 is 27.4 Å². The molecule has 1 aromatic heterocycles. The van der Waals surface area contributed by atoms with Gasteiger partial charge in [0.2, 0.25) is 0 Å². The van der Waals surface area contributed by atoms with Crippen LogP contribution >= 0.6 is 11.3 Å². The van der Waals surface area contributed by atoms with E-state index in [2.05, 4.69) is 0 Å². The van der Waals surface area contributed by atoms with Crippen LogP contribution in [0.15, 0.2) is 23.6 Å². The Morgan fingerprint density at radius 1 is 1.44 bits per heavy atom. The van der Waals surface area contributed by atoms with Gasteiger partial charge in [0.15, 0.2) is 0 Å². The lowest BCUT2D eigenvalue weighted by Crippen LogP contribution is -2.05. The Hall–Kier alpha value is -1.49. The maximum absolute atomic E-state index is 13.2. The maximum Gasteiger partial charge on any atom is 0.335 e. The van der Waals surface area contributed by atoms with Crippen molar-refractivity contribution in [3.8, 4) is 0 Å². The molecule has 0 aliphatic rings. The second-order valence-electron chi connectivity index (χ2n) is 3.55. The zero-order valence-corrected chi connectivity index (χ0v) is 9.15. The number of carbonyl (C=O) groups is 1. The minimum atomic E-state index is -2.90. The highest BCUT2D eigenvalue weighted by Crippen LogP contribution is 2.37. The van der Waals surface area contributed by atoms with Crippen molar-refractivity contribution in [2.45, 2.75) is 12.8 Å². The highest BCUT2D eigenvalue weighted by molar-refractivity contribution is 7.17. The smallest absolute Gasteiger partial charge is 0.335 e. The van der Waals surface area contributed by atoms with Crippen LogP contribution in [0.2, 0.25) is 0 Å². The second-order valence-corrected chi connectivity index (χ2v) is 4.47. The Kier molecular flexibility index (Phi) is 2.42. The molecule has 2 nitrogen and oxygen atoms in total. The van der Waals surface area contributed by atoms with E-state index in [1.54, 1.807) is 0 Å². The third-order valence-corrected chi connectivity index (χ3v) is 3.24. The Labute approximate surface area is 94.1 Å². The van der Waals surface area contributed by atoms with E-state index in [0.717, 1.165) is 18.3 Å². The van der Waals surface area contributed by atoms with Gasteiger partial charge in [0.05, 0.1) is 5.56 Å². The average molecular weight is 242 g/mol. The van der Waals surface area contributed by atoms with Crippen LogP contribution in [0.25, 0.3) is 10.1 Å². The molecule has 0 atom stereocenters. The van der Waals surface area contributed by atoms with Crippen molar-refractivity contribution in [2.24, 2.45) is 0 Å². The van der Waals surface area contributed by atoms with Gasteiger partial charge in [0.1, 0.15) is 0 Å². The molecule has 0 saturated heterocycles. The number of thiophene rings is 1. The van der Waals surface area contributed by atoms with E-state index in [1.165, 1.54) is 23.6 Å². The highest BCUT2D eigenvalue weighted by Gasteiger charge is 2.27. The number of carboxylic acids is 1. The first-order valence-electron chi connectivity index (χ1n) is 4.52. The number of hydrogen-bond acceptors (Lipinski definition) is 2. The van der Waals surface area contributed by atoms with E-state index in [0.29, 0.717) is 10.1 Å². The summed E-state index contributed by atoms with van der Waals surface area (Å²) < 4.78 is 26.9. The molecule has 84 valence electrons. The van der Waals surface area contributed by atoms with Crippen LogP contribution in [-0.4, -0.2) is 11.1 Å². The summed E-state index contributed by atoms with van der Waals surface area (Å²) in [4.78, 5) is 10.7. The number of rotatable bonds is 2. The molecule has 16 heavy (non-hydrogen) atoms. The molecule has 0 amide bonds. The van der Waals surface area contributed by atoms with Gasteiger partial charge in [-0.05, 0) is 12.1 Å². The Bertz CT molecular complexity index is 555. The van der Waals surface area contributed by atoms with E-state index in [1.807, 2.05) is 0 Å². The molecule has 0 aliphatic heterocycles. The fourth-order valence-electron chi connectivity index (χ4n) is 1.50. The molecular weight excluding hydrogens is 234 g/mol. The third-order valence-electron chi connectivity index (χ3n) is 2.30.